The van der Waals surface area contributed by atoms with Crippen molar-refractivity contribution >= 4 is 44.3 Å². The highest BCUT2D eigenvalue weighted by Crippen LogP contribution is 2.28. The first-order valence-corrected chi connectivity index (χ1v) is 7.35. The highest BCUT2D eigenvalue weighted by molar-refractivity contribution is 9.10. The lowest BCUT2D eigenvalue weighted by Gasteiger charge is -2.09. The maximum absolute atomic E-state index is 12.3. The number of rotatable bonds is 4. The molecule has 1 aromatic carbocycles. The van der Waals surface area contributed by atoms with Crippen LogP contribution in [0.1, 0.15) is 26.4 Å². The summed E-state index contributed by atoms with van der Waals surface area (Å²) in [6.45, 7) is 1.58. The molecule has 1 heterocycles. The molecule has 2 N–H and O–H groups in total. The number of carbonyl (C=O) groups is 2. The van der Waals surface area contributed by atoms with Crippen LogP contribution in [0.4, 0.5) is 5.00 Å². The third-order valence-corrected chi connectivity index (χ3v) is 4.06. The third-order valence-electron chi connectivity index (χ3n) is 2.71. The molecule has 8 heteroatoms. The van der Waals surface area contributed by atoms with Crippen LogP contribution in [0.3, 0.4) is 0 Å². The molecule has 6 nitrogen and oxygen atoms in total. The van der Waals surface area contributed by atoms with E-state index in [9.17, 15) is 9.59 Å². The number of nitrogens with one attached hydrogen (secondary N) is 1. The number of aryl methyl sites for hydroxylation is 1. The molecule has 0 aliphatic heterocycles. The number of benzene rings is 1. The normalized spacial score (nSPS) is 10.2. The van der Waals surface area contributed by atoms with Gasteiger partial charge >= 0.3 is 5.97 Å². The molecule has 2 rings (SSSR count). The van der Waals surface area contributed by atoms with E-state index in [0.29, 0.717) is 17.0 Å². The fourth-order valence-electron chi connectivity index (χ4n) is 1.73. The molecule has 2 aromatic rings. The van der Waals surface area contributed by atoms with Crippen LogP contribution in [-0.4, -0.2) is 28.5 Å². The molecule has 1 amide bonds. The van der Waals surface area contributed by atoms with Crippen molar-refractivity contribution in [2.45, 2.75) is 6.92 Å². The van der Waals surface area contributed by atoms with Gasteiger partial charge in [0.05, 0.1) is 18.4 Å². The average molecular weight is 371 g/mol. The molecule has 1 aromatic heterocycles. The fourth-order valence-corrected chi connectivity index (χ4v) is 2.85. The van der Waals surface area contributed by atoms with Gasteiger partial charge in [0.25, 0.3) is 5.91 Å². The summed E-state index contributed by atoms with van der Waals surface area (Å²) in [4.78, 5) is 23.4. The molecule has 21 heavy (non-hydrogen) atoms. The summed E-state index contributed by atoms with van der Waals surface area (Å²) in [7, 11) is 1.46. The van der Waals surface area contributed by atoms with Crippen LogP contribution in [-0.2, 0) is 0 Å². The van der Waals surface area contributed by atoms with E-state index in [1.165, 1.54) is 7.11 Å². The second kappa shape index (κ2) is 6.23. The number of aromatic nitrogens is 1. The van der Waals surface area contributed by atoms with Crippen molar-refractivity contribution in [1.82, 2.24) is 4.37 Å². The predicted molar refractivity (Wildman–Crippen MR) is 82.5 cm³/mol. The van der Waals surface area contributed by atoms with Crippen LogP contribution in [0.15, 0.2) is 22.7 Å². The highest BCUT2D eigenvalue weighted by atomic mass is 79.9. The zero-order valence-corrected chi connectivity index (χ0v) is 13.5. The van der Waals surface area contributed by atoms with E-state index in [-0.39, 0.29) is 10.6 Å². The lowest BCUT2D eigenvalue weighted by atomic mass is 10.2. The SMILES string of the molecule is COc1cc(Br)ccc1C(=O)Nc1snc(C)c1C(=O)O. The molecular formula is C13H11BrN2O4S. The fraction of sp³-hybridized carbons (Fsp3) is 0.154. The Morgan fingerprint density at radius 3 is 2.76 bits per heavy atom. The quantitative estimate of drug-likeness (QED) is 0.862. The number of methoxy groups -OCH3 is 1. The van der Waals surface area contributed by atoms with Crippen LogP contribution >= 0.6 is 27.5 Å². The molecule has 110 valence electrons. The molecule has 0 saturated carbocycles. The highest BCUT2D eigenvalue weighted by Gasteiger charge is 2.21. The lowest BCUT2D eigenvalue weighted by Crippen LogP contribution is -2.14. The number of amides is 1. The van der Waals surface area contributed by atoms with Crippen LogP contribution in [0.2, 0.25) is 0 Å². The van der Waals surface area contributed by atoms with Gasteiger partial charge < -0.3 is 15.2 Å². The largest absolute Gasteiger partial charge is 0.496 e. The summed E-state index contributed by atoms with van der Waals surface area (Å²) in [6.07, 6.45) is 0. The van der Waals surface area contributed by atoms with Gasteiger partial charge in [-0.25, -0.2) is 4.79 Å². The molecule has 0 atom stereocenters. The number of hydrogen-bond donors (Lipinski definition) is 2. The number of halogens is 1. The van der Waals surface area contributed by atoms with Gasteiger partial charge in [-0.2, -0.15) is 4.37 Å². The zero-order chi connectivity index (χ0) is 15.6. The molecule has 0 bridgehead atoms. The van der Waals surface area contributed by atoms with Gasteiger partial charge in [-0.1, -0.05) is 15.9 Å². The summed E-state index contributed by atoms with van der Waals surface area (Å²) >= 11 is 4.22. The number of carbonyl (C=O) groups excluding carboxylic acids is 1. The zero-order valence-electron chi connectivity index (χ0n) is 11.1. The van der Waals surface area contributed by atoms with E-state index in [2.05, 4.69) is 25.6 Å². The van der Waals surface area contributed by atoms with Gasteiger partial charge in [-0.05, 0) is 36.7 Å². The van der Waals surface area contributed by atoms with E-state index >= 15 is 0 Å². The van der Waals surface area contributed by atoms with E-state index in [1.54, 1.807) is 25.1 Å². The van der Waals surface area contributed by atoms with Gasteiger partial charge in [0.1, 0.15) is 16.3 Å². The molecule has 0 spiro atoms. The molecule has 0 saturated heterocycles. The van der Waals surface area contributed by atoms with Gasteiger partial charge in [0.2, 0.25) is 0 Å². The van der Waals surface area contributed by atoms with Gasteiger partial charge in [-0.3, -0.25) is 4.79 Å². The summed E-state index contributed by atoms with van der Waals surface area (Å²) in [5, 5.41) is 11.9. The van der Waals surface area contributed by atoms with Crippen molar-refractivity contribution in [3.05, 3.63) is 39.5 Å². The minimum absolute atomic E-state index is 0.00410. The minimum Gasteiger partial charge on any atom is -0.496 e. The van der Waals surface area contributed by atoms with Gasteiger partial charge in [0, 0.05) is 4.47 Å². The number of nitrogens with zero attached hydrogens (tertiary/aromatic N) is 1. The number of ether oxygens (including phenoxy) is 1. The first-order valence-electron chi connectivity index (χ1n) is 5.78. The van der Waals surface area contributed by atoms with Crippen LogP contribution in [0.25, 0.3) is 0 Å². The number of aromatic carboxylic acids is 1. The Balaban J connectivity index is 2.33. The molecular weight excluding hydrogens is 360 g/mol. The topological polar surface area (TPSA) is 88.5 Å². The third kappa shape index (κ3) is 3.22. The first-order chi connectivity index (χ1) is 9.93. The standard InChI is InChI=1S/C13H11BrN2O4S/c1-6-10(13(18)19)12(21-16-6)15-11(17)8-4-3-7(14)5-9(8)20-2/h3-5H,1-2H3,(H,15,17)(H,18,19). The van der Waals surface area contributed by atoms with Gasteiger partial charge in [-0.15, -0.1) is 0 Å². The Morgan fingerprint density at radius 2 is 2.14 bits per heavy atom. The Labute approximate surface area is 133 Å². The number of anilines is 1. The average Bonchev–Trinajstić information content (AvgIpc) is 2.79. The van der Waals surface area contributed by atoms with E-state index < -0.39 is 11.9 Å². The maximum atomic E-state index is 12.3. The van der Waals surface area contributed by atoms with Crippen molar-refractivity contribution in [3.63, 3.8) is 0 Å². The second-order valence-corrected chi connectivity index (χ2v) is 5.77. The second-order valence-electron chi connectivity index (χ2n) is 4.08. The molecule has 0 aliphatic rings. The van der Waals surface area contributed by atoms with E-state index in [1.807, 2.05) is 0 Å². The molecule has 0 radical (unpaired) electrons. The van der Waals surface area contributed by atoms with E-state index in [0.717, 1.165) is 16.0 Å². The Morgan fingerprint density at radius 1 is 1.43 bits per heavy atom. The van der Waals surface area contributed by atoms with Crippen molar-refractivity contribution in [2.24, 2.45) is 0 Å². The van der Waals surface area contributed by atoms with Crippen molar-refractivity contribution in [2.75, 3.05) is 12.4 Å². The van der Waals surface area contributed by atoms with Crippen molar-refractivity contribution in [1.29, 1.82) is 0 Å². The van der Waals surface area contributed by atoms with Crippen LogP contribution in [0, 0.1) is 6.92 Å². The van der Waals surface area contributed by atoms with Crippen LogP contribution < -0.4 is 10.1 Å². The first kappa shape index (κ1) is 15.5. The number of carboxylic acids is 1. The monoisotopic (exact) mass is 370 g/mol. The molecule has 0 unspecified atom stereocenters. The van der Waals surface area contributed by atoms with Gasteiger partial charge in [0.15, 0.2) is 0 Å². The molecule has 0 aliphatic carbocycles. The summed E-state index contributed by atoms with van der Waals surface area (Å²) in [5.74, 6) is -1.19. The summed E-state index contributed by atoms with van der Waals surface area (Å²) < 4.78 is 9.87. The van der Waals surface area contributed by atoms with Crippen LogP contribution in [0.5, 0.6) is 5.75 Å². The van der Waals surface area contributed by atoms with Crippen molar-refractivity contribution in [3.8, 4) is 5.75 Å². The lowest BCUT2D eigenvalue weighted by molar-refractivity contribution is 0.0697. The number of carboxylic acid groups (broad SMARTS) is 1. The Kier molecular flexibility index (Phi) is 4.59. The Bertz CT molecular complexity index is 714. The smallest absolute Gasteiger partial charge is 0.340 e. The minimum atomic E-state index is -1.13. The number of hydrogen-bond acceptors (Lipinski definition) is 5. The van der Waals surface area contributed by atoms with Crippen molar-refractivity contribution < 1.29 is 19.4 Å². The summed E-state index contributed by atoms with van der Waals surface area (Å²) in [6, 6.07) is 4.95. The summed E-state index contributed by atoms with van der Waals surface area (Å²) in [5.41, 5.74) is 0.679. The Hall–Kier alpha value is -1.93. The predicted octanol–water partition coefficient (Wildman–Crippen LogP) is 3.17. The van der Waals surface area contributed by atoms with E-state index in [4.69, 9.17) is 9.84 Å². The molecule has 0 fully saturated rings. The maximum Gasteiger partial charge on any atom is 0.340 e.